The topological polar surface area (TPSA) is 86.6 Å². The van der Waals surface area contributed by atoms with Gasteiger partial charge in [-0.15, -0.1) is 0 Å². The summed E-state index contributed by atoms with van der Waals surface area (Å²) in [6.07, 6.45) is -0.555. The van der Waals surface area contributed by atoms with Gasteiger partial charge in [0.2, 0.25) is 5.91 Å². The fraction of sp³-hybridized carbons (Fsp3) is 0.750. The SMILES string of the molecule is CC[C@@H](O)[C@H](CNC(C)=O)C(=O)O. The Kier molecular flexibility index (Phi) is 5.06. The Morgan fingerprint density at radius 1 is 1.46 bits per heavy atom. The average Bonchev–Trinajstić information content (AvgIpc) is 2.03. The third-order valence-electron chi connectivity index (χ3n) is 1.77. The third kappa shape index (κ3) is 4.47. The fourth-order valence-electron chi connectivity index (χ4n) is 0.926. The van der Waals surface area contributed by atoms with Gasteiger partial charge in [-0.3, -0.25) is 9.59 Å². The summed E-state index contributed by atoms with van der Waals surface area (Å²) in [7, 11) is 0. The Hall–Kier alpha value is -1.10. The van der Waals surface area contributed by atoms with E-state index in [-0.39, 0.29) is 12.5 Å². The number of hydrogen-bond donors (Lipinski definition) is 3. The standard InChI is InChI=1S/C8H15NO4/c1-3-7(11)6(8(12)13)4-9-5(2)10/h6-7,11H,3-4H2,1-2H3,(H,9,10)(H,12,13)/t6-,7+/m0/s1. The number of aliphatic carboxylic acids is 1. The lowest BCUT2D eigenvalue weighted by Gasteiger charge is -2.17. The molecule has 0 saturated carbocycles. The molecule has 0 unspecified atom stereocenters. The number of carbonyl (C=O) groups is 2. The van der Waals surface area contributed by atoms with E-state index < -0.39 is 18.0 Å². The summed E-state index contributed by atoms with van der Waals surface area (Å²) in [5.41, 5.74) is 0. The predicted molar refractivity (Wildman–Crippen MR) is 46.1 cm³/mol. The first-order chi connectivity index (χ1) is 5.99. The lowest BCUT2D eigenvalue weighted by molar-refractivity contribution is -0.145. The van der Waals surface area contributed by atoms with E-state index in [0.29, 0.717) is 6.42 Å². The molecule has 0 spiro atoms. The van der Waals surface area contributed by atoms with Crippen molar-refractivity contribution in [2.75, 3.05) is 6.54 Å². The molecule has 0 aromatic carbocycles. The van der Waals surface area contributed by atoms with E-state index in [1.807, 2.05) is 0 Å². The second kappa shape index (κ2) is 5.53. The minimum Gasteiger partial charge on any atom is -0.481 e. The van der Waals surface area contributed by atoms with Gasteiger partial charge in [-0.05, 0) is 6.42 Å². The van der Waals surface area contributed by atoms with Gasteiger partial charge in [0.15, 0.2) is 0 Å². The second-order valence-electron chi connectivity index (χ2n) is 2.86. The molecule has 0 saturated heterocycles. The van der Waals surface area contributed by atoms with Crippen LogP contribution in [0.5, 0.6) is 0 Å². The maximum Gasteiger partial charge on any atom is 0.310 e. The molecule has 0 aliphatic rings. The molecular weight excluding hydrogens is 174 g/mol. The van der Waals surface area contributed by atoms with Gasteiger partial charge in [0.1, 0.15) is 0 Å². The van der Waals surface area contributed by atoms with Crippen molar-refractivity contribution in [1.29, 1.82) is 0 Å². The number of carbonyl (C=O) groups excluding carboxylic acids is 1. The number of nitrogens with one attached hydrogen (secondary N) is 1. The van der Waals surface area contributed by atoms with Crippen molar-refractivity contribution in [3.05, 3.63) is 0 Å². The quantitative estimate of drug-likeness (QED) is 0.549. The Balaban J connectivity index is 4.10. The Morgan fingerprint density at radius 2 is 2.00 bits per heavy atom. The monoisotopic (exact) mass is 189 g/mol. The molecule has 0 radical (unpaired) electrons. The first-order valence-electron chi connectivity index (χ1n) is 4.14. The summed E-state index contributed by atoms with van der Waals surface area (Å²) < 4.78 is 0. The smallest absolute Gasteiger partial charge is 0.310 e. The van der Waals surface area contributed by atoms with Gasteiger partial charge >= 0.3 is 5.97 Å². The largest absolute Gasteiger partial charge is 0.481 e. The molecule has 0 aromatic heterocycles. The van der Waals surface area contributed by atoms with Crippen molar-refractivity contribution in [3.8, 4) is 0 Å². The molecule has 13 heavy (non-hydrogen) atoms. The maximum absolute atomic E-state index is 10.6. The fourth-order valence-corrected chi connectivity index (χ4v) is 0.926. The first kappa shape index (κ1) is 11.9. The molecule has 5 nitrogen and oxygen atoms in total. The highest BCUT2D eigenvalue weighted by Crippen LogP contribution is 2.06. The Labute approximate surface area is 76.8 Å². The van der Waals surface area contributed by atoms with Gasteiger partial charge in [0, 0.05) is 13.5 Å². The van der Waals surface area contributed by atoms with Crippen molar-refractivity contribution in [2.24, 2.45) is 5.92 Å². The van der Waals surface area contributed by atoms with Crippen LogP contribution in [0.25, 0.3) is 0 Å². The highest BCUT2D eigenvalue weighted by atomic mass is 16.4. The Bertz CT molecular complexity index is 193. The van der Waals surface area contributed by atoms with Gasteiger partial charge < -0.3 is 15.5 Å². The van der Waals surface area contributed by atoms with E-state index >= 15 is 0 Å². The zero-order chi connectivity index (χ0) is 10.4. The molecule has 0 fully saturated rings. The van der Waals surface area contributed by atoms with Crippen molar-refractivity contribution >= 4 is 11.9 Å². The normalized spacial score (nSPS) is 14.7. The van der Waals surface area contributed by atoms with Gasteiger partial charge in [-0.2, -0.15) is 0 Å². The van der Waals surface area contributed by atoms with E-state index in [9.17, 15) is 14.7 Å². The van der Waals surface area contributed by atoms with Crippen molar-refractivity contribution in [2.45, 2.75) is 26.4 Å². The zero-order valence-corrected chi connectivity index (χ0v) is 7.78. The maximum atomic E-state index is 10.6. The molecule has 76 valence electrons. The van der Waals surface area contributed by atoms with Crippen LogP contribution >= 0.6 is 0 Å². The number of aliphatic hydroxyl groups is 1. The number of rotatable bonds is 5. The molecule has 0 bridgehead atoms. The third-order valence-corrected chi connectivity index (χ3v) is 1.77. The van der Waals surface area contributed by atoms with Gasteiger partial charge in [0.05, 0.1) is 12.0 Å². The molecule has 5 heteroatoms. The Morgan fingerprint density at radius 3 is 2.31 bits per heavy atom. The van der Waals surface area contributed by atoms with E-state index in [1.54, 1.807) is 6.92 Å². The summed E-state index contributed by atoms with van der Waals surface area (Å²) in [5.74, 6) is -2.31. The lowest BCUT2D eigenvalue weighted by Crippen LogP contribution is -2.38. The molecule has 2 atom stereocenters. The van der Waals surface area contributed by atoms with Crippen molar-refractivity contribution < 1.29 is 19.8 Å². The average molecular weight is 189 g/mol. The van der Waals surface area contributed by atoms with E-state index in [4.69, 9.17) is 5.11 Å². The van der Waals surface area contributed by atoms with Gasteiger partial charge in [0.25, 0.3) is 0 Å². The summed E-state index contributed by atoms with van der Waals surface area (Å²) >= 11 is 0. The minimum atomic E-state index is -1.09. The highest BCUT2D eigenvalue weighted by Gasteiger charge is 2.24. The first-order valence-corrected chi connectivity index (χ1v) is 4.14. The van der Waals surface area contributed by atoms with E-state index in [2.05, 4.69) is 5.32 Å². The van der Waals surface area contributed by atoms with Crippen LogP contribution in [0.15, 0.2) is 0 Å². The van der Waals surface area contributed by atoms with Crippen LogP contribution in [0.2, 0.25) is 0 Å². The highest BCUT2D eigenvalue weighted by molar-refractivity contribution is 5.75. The van der Waals surface area contributed by atoms with Crippen LogP contribution in [0.1, 0.15) is 20.3 Å². The zero-order valence-electron chi connectivity index (χ0n) is 7.78. The van der Waals surface area contributed by atoms with Crippen LogP contribution in [0, 0.1) is 5.92 Å². The van der Waals surface area contributed by atoms with Crippen molar-refractivity contribution in [1.82, 2.24) is 5.32 Å². The number of carboxylic acids is 1. The van der Waals surface area contributed by atoms with E-state index in [0.717, 1.165) is 0 Å². The van der Waals surface area contributed by atoms with E-state index in [1.165, 1.54) is 6.92 Å². The summed E-state index contributed by atoms with van der Waals surface area (Å²) in [6.45, 7) is 2.96. The van der Waals surface area contributed by atoms with Gasteiger partial charge in [-0.25, -0.2) is 0 Å². The number of aliphatic hydroxyl groups excluding tert-OH is 1. The van der Waals surface area contributed by atoms with Crippen LogP contribution in [-0.2, 0) is 9.59 Å². The molecule has 0 aromatic rings. The number of amides is 1. The predicted octanol–water partition coefficient (Wildman–Crippen LogP) is -0.406. The second-order valence-corrected chi connectivity index (χ2v) is 2.86. The van der Waals surface area contributed by atoms with Crippen LogP contribution < -0.4 is 5.32 Å². The summed E-state index contributed by atoms with van der Waals surface area (Å²) in [5, 5.41) is 20.3. The number of hydrogen-bond acceptors (Lipinski definition) is 3. The lowest BCUT2D eigenvalue weighted by atomic mass is 10.0. The molecule has 1 amide bonds. The molecule has 0 aliphatic carbocycles. The minimum absolute atomic E-state index is 0.0281. The van der Waals surface area contributed by atoms with Crippen LogP contribution in [0.4, 0.5) is 0 Å². The van der Waals surface area contributed by atoms with Crippen LogP contribution in [-0.4, -0.2) is 34.7 Å². The number of carboxylic acid groups (broad SMARTS) is 1. The summed E-state index contributed by atoms with van der Waals surface area (Å²) in [4.78, 5) is 21.1. The van der Waals surface area contributed by atoms with Crippen LogP contribution in [0.3, 0.4) is 0 Å². The molecule has 0 heterocycles. The van der Waals surface area contributed by atoms with Gasteiger partial charge in [-0.1, -0.05) is 6.92 Å². The molecule has 3 N–H and O–H groups in total. The van der Waals surface area contributed by atoms with Crippen molar-refractivity contribution in [3.63, 3.8) is 0 Å². The summed E-state index contributed by atoms with van der Waals surface area (Å²) in [6, 6.07) is 0. The molecule has 0 rings (SSSR count). The molecule has 0 aliphatic heterocycles. The molecular formula is C8H15NO4.